The molecule has 0 radical (unpaired) electrons. The number of amides is 1. The molecular formula is C19H31N3O4. The average Bonchev–Trinajstić information content (AvgIpc) is 2.60. The first kappa shape index (κ1) is 20.5. The number of nitrogens with zero attached hydrogens (tertiary/aromatic N) is 1. The number of anilines is 1. The van der Waals surface area contributed by atoms with Crippen LogP contribution in [0.25, 0.3) is 0 Å². The van der Waals surface area contributed by atoms with Crippen molar-refractivity contribution in [2.24, 2.45) is 0 Å². The normalized spacial score (nSPS) is 17.5. The van der Waals surface area contributed by atoms with E-state index in [1.807, 2.05) is 18.2 Å². The Balaban J connectivity index is 1.85. The highest BCUT2D eigenvalue weighted by Gasteiger charge is 2.21. The van der Waals surface area contributed by atoms with E-state index in [0.29, 0.717) is 5.56 Å². The van der Waals surface area contributed by atoms with Crippen molar-refractivity contribution in [1.82, 2.24) is 10.6 Å². The van der Waals surface area contributed by atoms with Gasteiger partial charge in [0.25, 0.3) is 0 Å². The third kappa shape index (κ3) is 6.48. The second kappa shape index (κ2) is 9.21. The van der Waals surface area contributed by atoms with Gasteiger partial charge >= 0.3 is 6.09 Å². The monoisotopic (exact) mass is 365 g/mol. The van der Waals surface area contributed by atoms with E-state index < -0.39 is 23.9 Å². The second-order valence-electron chi connectivity index (χ2n) is 7.56. The fourth-order valence-corrected chi connectivity index (χ4v) is 2.84. The lowest BCUT2D eigenvalue weighted by Crippen LogP contribution is -2.43. The number of nitrogens with one attached hydrogen (secondary N) is 2. The van der Waals surface area contributed by atoms with Crippen molar-refractivity contribution in [2.75, 3.05) is 37.6 Å². The zero-order valence-corrected chi connectivity index (χ0v) is 15.9. The molecule has 7 nitrogen and oxygen atoms in total. The van der Waals surface area contributed by atoms with Crippen LogP contribution in [0.5, 0.6) is 0 Å². The molecule has 0 aromatic heterocycles. The van der Waals surface area contributed by atoms with Crippen LogP contribution >= 0.6 is 0 Å². The van der Waals surface area contributed by atoms with Gasteiger partial charge in [-0.1, -0.05) is 12.1 Å². The van der Waals surface area contributed by atoms with Crippen molar-refractivity contribution in [1.29, 1.82) is 0 Å². The van der Waals surface area contributed by atoms with Crippen molar-refractivity contribution in [3.8, 4) is 0 Å². The molecule has 0 aliphatic carbocycles. The van der Waals surface area contributed by atoms with Gasteiger partial charge in [0, 0.05) is 38.4 Å². The zero-order valence-electron chi connectivity index (χ0n) is 15.9. The number of carbonyl (C=O) groups excluding carboxylic acids is 1. The Bertz CT molecular complexity index is 582. The first-order valence-electron chi connectivity index (χ1n) is 9.15. The number of aliphatic hydroxyl groups is 2. The maximum atomic E-state index is 11.6. The van der Waals surface area contributed by atoms with Crippen molar-refractivity contribution in [2.45, 2.75) is 45.0 Å². The first-order valence-corrected chi connectivity index (χ1v) is 9.15. The number of carbonyl (C=O) groups is 1. The summed E-state index contributed by atoms with van der Waals surface area (Å²) in [6.45, 7) is 9.30. The molecule has 1 fully saturated rings. The zero-order chi connectivity index (χ0) is 19.2. The molecule has 1 saturated heterocycles. The number of rotatable bonds is 6. The van der Waals surface area contributed by atoms with Crippen LogP contribution in [0.1, 0.15) is 38.9 Å². The van der Waals surface area contributed by atoms with Gasteiger partial charge in [-0.2, -0.15) is 0 Å². The summed E-state index contributed by atoms with van der Waals surface area (Å²) in [6.07, 6.45) is -2.26. The van der Waals surface area contributed by atoms with Gasteiger partial charge in [0.05, 0.1) is 6.10 Å². The molecule has 1 heterocycles. The van der Waals surface area contributed by atoms with E-state index in [2.05, 4.69) is 15.5 Å². The molecule has 2 rings (SSSR count). The fraction of sp³-hybridized carbons (Fsp3) is 0.632. The van der Waals surface area contributed by atoms with Crippen LogP contribution in [0.15, 0.2) is 24.3 Å². The molecule has 146 valence electrons. The van der Waals surface area contributed by atoms with Gasteiger partial charge in [0.1, 0.15) is 11.7 Å². The summed E-state index contributed by atoms with van der Waals surface area (Å²) in [5, 5.41) is 26.6. The number of aliphatic hydroxyl groups excluding tert-OH is 2. The summed E-state index contributed by atoms with van der Waals surface area (Å²) >= 11 is 0. The predicted molar refractivity (Wildman–Crippen MR) is 101 cm³/mol. The van der Waals surface area contributed by atoms with E-state index in [0.717, 1.165) is 31.9 Å². The molecule has 0 spiro atoms. The average molecular weight is 365 g/mol. The van der Waals surface area contributed by atoms with Gasteiger partial charge in [-0.15, -0.1) is 0 Å². The predicted octanol–water partition coefficient (Wildman–Crippen LogP) is 1.41. The Kier molecular flexibility index (Phi) is 7.25. The first-order chi connectivity index (χ1) is 12.3. The highest BCUT2D eigenvalue weighted by molar-refractivity contribution is 5.67. The van der Waals surface area contributed by atoms with E-state index in [1.165, 1.54) is 0 Å². The lowest BCUT2D eigenvalue weighted by atomic mass is 10.0. The van der Waals surface area contributed by atoms with Crippen molar-refractivity contribution in [3.63, 3.8) is 0 Å². The molecule has 1 aliphatic heterocycles. The standard InChI is InChI=1S/C19H31N3O4/c1-19(2,3)26-18(25)21-8-7-16(23)17(24)14-5-4-6-15(13-14)22-11-9-20-10-12-22/h4-6,13,16-17,20,23-24H,7-12H2,1-3H3,(H,21,25). The lowest BCUT2D eigenvalue weighted by Gasteiger charge is -2.30. The van der Waals surface area contributed by atoms with E-state index in [4.69, 9.17) is 4.74 Å². The smallest absolute Gasteiger partial charge is 0.407 e. The van der Waals surface area contributed by atoms with Crippen LogP contribution in [0.3, 0.4) is 0 Å². The van der Waals surface area contributed by atoms with E-state index in [9.17, 15) is 15.0 Å². The third-order valence-electron chi connectivity index (χ3n) is 4.17. The molecule has 7 heteroatoms. The van der Waals surface area contributed by atoms with Crippen LogP contribution in [0, 0.1) is 0 Å². The maximum Gasteiger partial charge on any atom is 0.407 e. The van der Waals surface area contributed by atoms with Crippen molar-refractivity contribution >= 4 is 11.8 Å². The molecule has 1 aromatic rings. The van der Waals surface area contributed by atoms with Gasteiger partial charge in [0.15, 0.2) is 0 Å². The highest BCUT2D eigenvalue weighted by atomic mass is 16.6. The molecule has 2 unspecified atom stereocenters. The number of hydrogen-bond donors (Lipinski definition) is 4. The van der Waals surface area contributed by atoms with Gasteiger partial charge in [-0.05, 0) is 44.9 Å². The minimum Gasteiger partial charge on any atom is -0.444 e. The molecule has 2 atom stereocenters. The Labute approximate surface area is 155 Å². The number of benzene rings is 1. The Hall–Kier alpha value is -1.83. The summed E-state index contributed by atoms with van der Waals surface area (Å²) in [6, 6.07) is 7.63. The van der Waals surface area contributed by atoms with Crippen LogP contribution in [0.2, 0.25) is 0 Å². The Morgan fingerprint density at radius 3 is 2.65 bits per heavy atom. The molecule has 26 heavy (non-hydrogen) atoms. The fourth-order valence-electron chi connectivity index (χ4n) is 2.84. The molecule has 4 N–H and O–H groups in total. The van der Waals surface area contributed by atoms with Crippen molar-refractivity contribution < 1.29 is 19.7 Å². The van der Waals surface area contributed by atoms with Gasteiger partial charge in [-0.25, -0.2) is 4.79 Å². The topological polar surface area (TPSA) is 94.1 Å². The summed E-state index contributed by atoms with van der Waals surface area (Å²) in [7, 11) is 0. The van der Waals surface area contributed by atoms with Crippen LogP contribution in [0.4, 0.5) is 10.5 Å². The Morgan fingerprint density at radius 1 is 1.31 bits per heavy atom. The molecule has 0 saturated carbocycles. The van der Waals surface area contributed by atoms with Crippen LogP contribution in [-0.2, 0) is 4.74 Å². The van der Waals surface area contributed by atoms with Crippen LogP contribution in [-0.4, -0.2) is 60.7 Å². The maximum absolute atomic E-state index is 11.6. The molecule has 0 bridgehead atoms. The summed E-state index contributed by atoms with van der Waals surface area (Å²) in [5.41, 5.74) is 1.15. The minimum absolute atomic E-state index is 0.227. The number of ether oxygens (including phenoxy) is 1. The largest absolute Gasteiger partial charge is 0.444 e. The highest BCUT2D eigenvalue weighted by Crippen LogP contribution is 2.24. The van der Waals surface area contributed by atoms with Gasteiger partial charge in [-0.3, -0.25) is 0 Å². The summed E-state index contributed by atoms with van der Waals surface area (Å²) in [4.78, 5) is 13.9. The lowest BCUT2D eigenvalue weighted by molar-refractivity contribution is 0.0123. The molecule has 1 amide bonds. The third-order valence-corrected chi connectivity index (χ3v) is 4.17. The van der Waals surface area contributed by atoms with Gasteiger partial charge < -0.3 is 30.5 Å². The molecule has 1 aliphatic rings. The second-order valence-corrected chi connectivity index (χ2v) is 7.56. The number of piperazine rings is 1. The number of alkyl carbamates (subject to hydrolysis) is 1. The quantitative estimate of drug-likeness (QED) is 0.609. The summed E-state index contributed by atoms with van der Waals surface area (Å²) < 4.78 is 5.14. The molecule has 1 aromatic carbocycles. The Morgan fingerprint density at radius 2 is 2.00 bits per heavy atom. The number of hydrogen-bond acceptors (Lipinski definition) is 6. The summed E-state index contributed by atoms with van der Waals surface area (Å²) in [5.74, 6) is 0. The van der Waals surface area contributed by atoms with E-state index in [1.54, 1.807) is 26.8 Å². The van der Waals surface area contributed by atoms with Gasteiger partial charge in [0.2, 0.25) is 0 Å². The van der Waals surface area contributed by atoms with E-state index in [-0.39, 0.29) is 13.0 Å². The van der Waals surface area contributed by atoms with Crippen molar-refractivity contribution in [3.05, 3.63) is 29.8 Å². The SMILES string of the molecule is CC(C)(C)OC(=O)NCCC(O)C(O)c1cccc(N2CCNCC2)c1. The minimum atomic E-state index is -1.00. The molecular weight excluding hydrogens is 334 g/mol. The van der Waals surface area contributed by atoms with E-state index >= 15 is 0 Å². The van der Waals surface area contributed by atoms with Crippen LogP contribution < -0.4 is 15.5 Å².